The minimum Gasteiger partial charge on any atom is -0.394 e. The molecule has 0 aromatic heterocycles. The molecule has 19 heteroatoms. The van der Waals surface area contributed by atoms with Crippen LogP contribution in [0.4, 0.5) is 0 Å². The summed E-state index contributed by atoms with van der Waals surface area (Å²) in [6.07, 6.45) is 71.2. The number of carbonyl (C=O) groups is 1. The zero-order chi connectivity index (χ0) is 81.0. The molecule has 1 amide bonds. The van der Waals surface area contributed by atoms with Gasteiger partial charge in [-0.2, -0.15) is 0 Å². The van der Waals surface area contributed by atoms with Gasteiger partial charge in [-0.25, -0.2) is 0 Å². The van der Waals surface area contributed by atoms with Crippen LogP contribution in [0.15, 0.2) is 85.1 Å². The summed E-state index contributed by atoms with van der Waals surface area (Å²) < 4.78 is 34.6. The average molecular weight is 1590 g/mol. The average Bonchev–Trinajstić information content (AvgIpc) is 0.781. The second kappa shape index (κ2) is 72.0. The van der Waals surface area contributed by atoms with Crippen molar-refractivity contribution in [3.8, 4) is 0 Å². The maximum atomic E-state index is 13.6. The van der Waals surface area contributed by atoms with E-state index < -0.39 is 124 Å². The van der Waals surface area contributed by atoms with Crippen LogP contribution in [0.25, 0.3) is 0 Å². The summed E-state index contributed by atoms with van der Waals surface area (Å²) in [6.45, 7) is 1.74. The molecular formula is C93H167NO18. The number of nitrogens with one attached hydrogen (secondary N) is 1. The number of aliphatic hydroxyl groups is 11. The van der Waals surface area contributed by atoms with E-state index in [1.54, 1.807) is 0 Å². The zero-order valence-corrected chi connectivity index (χ0v) is 70.4. The van der Waals surface area contributed by atoms with Gasteiger partial charge < -0.3 is 89.9 Å². The topological polar surface area (TPSA) is 307 Å². The number of unbranched alkanes of at least 4 members (excludes halogenated alkanes) is 44. The van der Waals surface area contributed by atoms with Crippen molar-refractivity contribution in [1.29, 1.82) is 0 Å². The number of carbonyl (C=O) groups excluding carboxylic acids is 1. The van der Waals surface area contributed by atoms with Crippen molar-refractivity contribution in [1.82, 2.24) is 5.32 Å². The van der Waals surface area contributed by atoms with Gasteiger partial charge in [0.25, 0.3) is 0 Å². The number of allylic oxidation sites excluding steroid dienone is 14. The smallest absolute Gasteiger partial charge is 0.220 e. The first-order valence-corrected chi connectivity index (χ1v) is 45.8. The van der Waals surface area contributed by atoms with Gasteiger partial charge in [-0.05, 0) is 70.6 Å². The molecule has 0 radical (unpaired) electrons. The molecule has 17 unspecified atom stereocenters. The summed E-state index contributed by atoms with van der Waals surface area (Å²) in [5.74, 6) is -0.237. The molecule has 3 fully saturated rings. The Bertz CT molecular complexity index is 2350. The first kappa shape index (κ1) is 103. The number of rotatable bonds is 74. The van der Waals surface area contributed by atoms with Gasteiger partial charge in [0.2, 0.25) is 5.91 Å². The van der Waals surface area contributed by atoms with Crippen LogP contribution in [0.1, 0.15) is 367 Å². The molecule has 3 heterocycles. The lowest BCUT2D eigenvalue weighted by atomic mass is 9.96. The van der Waals surface area contributed by atoms with Crippen LogP contribution in [0, 0.1) is 0 Å². The van der Waals surface area contributed by atoms with Gasteiger partial charge in [0.05, 0.1) is 38.6 Å². The molecule has 3 aliphatic heterocycles. The van der Waals surface area contributed by atoms with Gasteiger partial charge in [-0.3, -0.25) is 4.79 Å². The third-order valence-electron chi connectivity index (χ3n) is 22.5. The van der Waals surface area contributed by atoms with E-state index in [1.165, 1.54) is 244 Å². The Morgan fingerprint density at radius 1 is 0.330 bits per heavy atom. The molecule has 0 bridgehead atoms. The molecule has 12 N–H and O–H groups in total. The summed E-state index contributed by atoms with van der Waals surface area (Å²) >= 11 is 0. The van der Waals surface area contributed by atoms with E-state index in [4.69, 9.17) is 28.4 Å². The fourth-order valence-electron chi connectivity index (χ4n) is 15.2. The first-order valence-electron chi connectivity index (χ1n) is 45.8. The van der Waals surface area contributed by atoms with Crippen LogP contribution in [0.5, 0.6) is 0 Å². The summed E-state index contributed by atoms with van der Waals surface area (Å²) in [4.78, 5) is 13.6. The minimum absolute atomic E-state index is 0.237. The third kappa shape index (κ3) is 50.0. The summed E-state index contributed by atoms with van der Waals surface area (Å²) in [6, 6.07) is -0.891. The van der Waals surface area contributed by atoms with Crippen molar-refractivity contribution < 1.29 is 89.4 Å². The molecule has 3 aliphatic rings. The lowest BCUT2D eigenvalue weighted by molar-refractivity contribution is -0.379. The Balaban J connectivity index is 1.30. The minimum atomic E-state index is -1.97. The summed E-state index contributed by atoms with van der Waals surface area (Å²) in [5, 5.41) is 121. The molecule has 3 rings (SSSR count). The van der Waals surface area contributed by atoms with Gasteiger partial charge in [-0.1, -0.05) is 375 Å². The number of hydrogen-bond acceptors (Lipinski definition) is 18. The fourth-order valence-corrected chi connectivity index (χ4v) is 15.2. The quantitative estimate of drug-likeness (QED) is 0.0199. The first-order chi connectivity index (χ1) is 54.8. The monoisotopic (exact) mass is 1590 g/mol. The maximum Gasteiger partial charge on any atom is 0.220 e. The molecule has 0 aliphatic carbocycles. The van der Waals surface area contributed by atoms with Crippen LogP contribution in [0.3, 0.4) is 0 Å². The molecule has 19 nitrogen and oxygen atoms in total. The summed E-state index contributed by atoms with van der Waals surface area (Å²) in [5.41, 5.74) is 0. The van der Waals surface area contributed by atoms with Crippen LogP contribution >= 0.6 is 0 Å². The largest absolute Gasteiger partial charge is 0.394 e. The lowest BCUT2D eigenvalue weighted by Gasteiger charge is -2.48. The van der Waals surface area contributed by atoms with Gasteiger partial charge in [0.15, 0.2) is 18.9 Å². The van der Waals surface area contributed by atoms with Crippen LogP contribution in [-0.2, 0) is 33.2 Å². The van der Waals surface area contributed by atoms with E-state index in [1.807, 2.05) is 0 Å². The summed E-state index contributed by atoms with van der Waals surface area (Å²) in [7, 11) is 0. The number of amides is 1. The van der Waals surface area contributed by atoms with E-state index in [-0.39, 0.29) is 18.9 Å². The number of aliphatic hydroxyl groups excluding tert-OH is 11. The second-order valence-corrected chi connectivity index (χ2v) is 32.4. The Kier molecular flexibility index (Phi) is 66.3. The predicted octanol–water partition coefficient (Wildman–Crippen LogP) is 17.7. The van der Waals surface area contributed by atoms with Gasteiger partial charge in [0, 0.05) is 6.42 Å². The standard InChI is InChI=1S/C93H167NO18/c1-3-5-7-9-11-13-15-17-19-21-23-25-27-29-31-32-33-34-35-36-37-38-39-40-41-42-43-44-45-47-49-51-53-55-57-59-61-63-65-67-69-71-81(99)94-76(77(98)70-68-66-64-62-60-58-56-54-52-50-48-46-30-28-26-24-22-20-18-16-14-12-10-8-6-4-2)75-107-91-87(105)84(102)89(79(73-96)109-91)112-93-88(106)85(103)90(80(74-97)110-93)111-92-86(104)83(101)82(100)78(72-95)108-92/h5,7,11,13,17,19,23,25,29,31,33-34,36-37,76-80,82-93,95-98,100-106H,3-4,6,8-10,12,14-16,18,20-22,24,26-28,30,32,35,38-75H2,1-2H3,(H,94,99)/b7-5-,13-11-,19-17-,25-23-,31-29-,34-33-,37-36-. The van der Waals surface area contributed by atoms with E-state index in [0.29, 0.717) is 12.8 Å². The van der Waals surface area contributed by atoms with Crippen molar-refractivity contribution in [2.75, 3.05) is 26.4 Å². The third-order valence-corrected chi connectivity index (χ3v) is 22.5. The zero-order valence-electron chi connectivity index (χ0n) is 70.4. The highest BCUT2D eigenvalue weighted by Crippen LogP contribution is 2.34. The van der Waals surface area contributed by atoms with Crippen LogP contribution in [0.2, 0.25) is 0 Å². The molecule has 0 spiro atoms. The van der Waals surface area contributed by atoms with Crippen LogP contribution in [-0.4, -0.2) is 193 Å². The molecule has 17 atom stereocenters. The Morgan fingerprint density at radius 2 is 0.616 bits per heavy atom. The molecule has 652 valence electrons. The normalized spacial score (nSPS) is 25.3. The van der Waals surface area contributed by atoms with Crippen LogP contribution < -0.4 is 5.32 Å². The van der Waals surface area contributed by atoms with E-state index in [9.17, 15) is 61.0 Å². The molecule has 112 heavy (non-hydrogen) atoms. The highest BCUT2D eigenvalue weighted by molar-refractivity contribution is 5.76. The van der Waals surface area contributed by atoms with Crippen molar-refractivity contribution in [3.63, 3.8) is 0 Å². The van der Waals surface area contributed by atoms with Crippen molar-refractivity contribution >= 4 is 5.91 Å². The van der Waals surface area contributed by atoms with Gasteiger partial charge in [0.1, 0.15) is 73.2 Å². The second-order valence-electron chi connectivity index (χ2n) is 32.4. The Hall–Kier alpha value is -3.03. The van der Waals surface area contributed by atoms with E-state index in [2.05, 4.69) is 104 Å². The van der Waals surface area contributed by atoms with E-state index >= 15 is 0 Å². The number of ether oxygens (including phenoxy) is 6. The van der Waals surface area contributed by atoms with E-state index in [0.717, 1.165) is 89.9 Å². The number of hydrogen-bond donors (Lipinski definition) is 12. The molecule has 0 aromatic rings. The Labute approximate surface area is 680 Å². The molecule has 0 saturated carbocycles. The highest BCUT2D eigenvalue weighted by atomic mass is 16.8. The highest BCUT2D eigenvalue weighted by Gasteiger charge is 2.54. The Morgan fingerprint density at radius 3 is 0.964 bits per heavy atom. The predicted molar refractivity (Wildman–Crippen MR) is 452 cm³/mol. The van der Waals surface area contributed by atoms with Crippen molar-refractivity contribution in [2.45, 2.75) is 471 Å². The van der Waals surface area contributed by atoms with Crippen molar-refractivity contribution in [3.05, 3.63) is 85.1 Å². The lowest BCUT2D eigenvalue weighted by Crippen LogP contribution is -2.66. The van der Waals surface area contributed by atoms with Gasteiger partial charge >= 0.3 is 0 Å². The maximum absolute atomic E-state index is 13.6. The molecule has 3 saturated heterocycles. The molecule has 0 aromatic carbocycles. The SMILES string of the molecule is CC/C=C\C/C=C\C/C=C\C/C=C\C/C=C\C/C=C\C/C=C\CCCCCCCCCCCCCCCCCCCCCC(=O)NC(COC1OC(CO)C(OC2OC(CO)C(OC3OC(CO)C(O)C(O)C3O)C(O)C2O)C(O)C1O)C(O)CCCCCCCCCCCCCCCCCCCCCCCCCCCC. The fraction of sp³-hybridized carbons (Fsp3) is 0.839. The van der Waals surface area contributed by atoms with Crippen molar-refractivity contribution in [2.24, 2.45) is 0 Å². The molecular weight excluding hydrogens is 1420 g/mol. The van der Waals surface area contributed by atoms with Gasteiger partial charge in [-0.15, -0.1) is 0 Å².